The third-order valence-electron chi connectivity index (χ3n) is 14.9. The van der Waals surface area contributed by atoms with Crippen LogP contribution in [-0.2, 0) is 33.2 Å². The number of ether oxygens (including phenoxy) is 6. The van der Waals surface area contributed by atoms with Gasteiger partial charge in [-0.2, -0.15) is 0 Å². The van der Waals surface area contributed by atoms with E-state index in [9.17, 15) is 61.0 Å². The molecule has 17 unspecified atom stereocenters. The summed E-state index contributed by atoms with van der Waals surface area (Å²) in [6.45, 7) is 1.63. The van der Waals surface area contributed by atoms with Crippen molar-refractivity contribution < 1.29 is 89.4 Å². The Morgan fingerprint density at radius 2 is 0.831 bits per heavy atom. The molecule has 0 aliphatic carbocycles. The highest BCUT2D eigenvalue weighted by Gasteiger charge is 2.53. The number of hydrogen-bond donors (Lipinski definition) is 12. The van der Waals surface area contributed by atoms with Gasteiger partial charge in [-0.1, -0.05) is 179 Å². The minimum absolute atomic E-state index is 0.231. The largest absolute Gasteiger partial charge is 0.394 e. The van der Waals surface area contributed by atoms with Gasteiger partial charge in [-0.3, -0.25) is 4.79 Å². The Balaban J connectivity index is 1.45. The summed E-state index contributed by atoms with van der Waals surface area (Å²) in [6, 6.07) is -0.990. The Hall–Kier alpha value is -1.99. The summed E-state index contributed by atoms with van der Waals surface area (Å²) in [6.07, 6.45) is 17.6. The van der Waals surface area contributed by atoms with E-state index in [1.54, 1.807) is 6.08 Å². The fourth-order valence-electron chi connectivity index (χ4n) is 9.99. The molecule has 19 nitrogen and oxygen atoms in total. The normalized spacial score (nSPS) is 30.9. The van der Waals surface area contributed by atoms with Gasteiger partial charge in [0.2, 0.25) is 5.91 Å². The second-order valence-corrected chi connectivity index (χ2v) is 21.4. The first-order chi connectivity index (χ1) is 37.3. The van der Waals surface area contributed by atoms with Crippen molar-refractivity contribution in [2.75, 3.05) is 26.4 Å². The van der Waals surface area contributed by atoms with Crippen molar-refractivity contribution in [1.29, 1.82) is 0 Å². The predicted octanol–water partition coefficient (Wildman–Crippen LogP) is 4.93. The highest BCUT2D eigenvalue weighted by molar-refractivity contribution is 5.76. The lowest BCUT2D eigenvalue weighted by Gasteiger charge is -2.48. The molecular weight excluding hydrogens is 999 g/mol. The molecule has 17 atom stereocenters. The summed E-state index contributed by atoms with van der Waals surface area (Å²) in [5.74, 6) is -0.298. The number of carbonyl (C=O) groups is 1. The zero-order chi connectivity index (χ0) is 56.2. The minimum atomic E-state index is -1.98. The molecule has 3 fully saturated rings. The molecule has 0 radical (unpaired) electrons. The van der Waals surface area contributed by atoms with Crippen LogP contribution >= 0.6 is 0 Å². The quantitative estimate of drug-likeness (QED) is 0.0285. The molecule has 1 amide bonds. The standard InChI is InChI=1S/C58H105NO18/c1-3-5-7-9-11-12-13-14-15-16-17-18-19-20-21-22-23-24-25-26-27-28-30-31-33-35-42(63)41(59-46(64)36-34-32-29-10-8-6-4-2)40-72-56-52(70)49(67)54(44(38-61)74-56)77-58-53(71)50(68)55(45(39-62)75-58)76-57-51(69)48(66)47(65)43(37-60)73-57/h23-24,27-28,33,35,41-45,47-58,60-63,65-71H,3-22,25-26,29-32,34,36-40H2,1-2H3,(H,59,64)/b24-23+,28-27+,35-33+. The van der Waals surface area contributed by atoms with Gasteiger partial charge in [0.25, 0.3) is 0 Å². The van der Waals surface area contributed by atoms with Crippen molar-refractivity contribution in [2.45, 2.75) is 298 Å². The number of unbranched alkanes of at least 4 members (excludes halogenated alkanes) is 23. The number of amides is 1. The van der Waals surface area contributed by atoms with E-state index in [0.717, 1.165) is 57.8 Å². The molecule has 0 spiro atoms. The van der Waals surface area contributed by atoms with E-state index >= 15 is 0 Å². The molecule has 77 heavy (non-hydrogen) atoms. The van der Waals surface area contributed by atoms with Crippen LogP contribution in [0.15, 0.2) is 36.5 Å². The van der Waals surface area contributed by atoms with Gasteiger partial charge in [-0.05, 0) is 44.9 Å². The fourth-order valence-corrected chi connectivity index (χ4v) is 9.99. The third-order valence-corrected chi connectivity index (χ3v) is 14.9. The molecule has 0 aromatic carbocycles. The average Bonchev–Trinajstić information content (AvgIpc) is 3.43. The van der Waals surface area contributed by atoms with Crippen LogP contribution in [0.2, 0.25) is 0 Å². The highest BCUT2D eigenvalue weighted by Crippen LogP contribution is 2.33. The number of nitrogens with one attached hydrogen (secondary N) is 1. The topological polar surface area (TPSA) is 307 Å². The minimum Gasteiger partial charge on any atom is -0.394 e. The van der Waals surface area contributed by atoms with Crippen LogP contribution in [0.3, 0.4) is 0 Å². The molecule has 0 saturated carbocycles. The lowest BCUT2D eigenvalue weighted by molar-refractivity contribution is -0.379. The van der Waals surface area contributed by atoms with E-state index in [4.69, 9.17) is 28.4 Å². The first-order valence-corrected chi connectivity index (χ1v) is 29.7. The van der Waals surface area contributed by atoms with E-state index in [1.807, 2.05) is 6.08 Å². The number of aliphatic hydroxyl groups is 11. The van der Waals surface area contributed by atoms with E-state index < -0.39 is 124 Å². The molecule has 0 bridgehead atoms. The number of carbonyl (C=O) groups excluding carboxylic acids is 1. The van der Waals surface area contributed by atoms with Crippen molar-refractivity contribution in [2.24, 2.45) is 0 Å². The van der Waals surface area contributed by atoms with Crippen molar-refractivity contribution in [1.82, 2.24) is 5.32 Å². The molecule has 0 aromatic rings. The van der Waals surface area contributed by atoms with Gasteiger partial charge in [0.15, 0.2) is 18.9 Å². The fraction of sp³-hybridized carbons (Fsp3) is 0.879. The lowest BCUT2D eigenvalue weighted by atomic mass is 9.96. The highest BCUT2D eigenvalue weighted by atomic mass is 16.8. The Bertz CT molecular complexity index is 1550. The van der Waals surface area contributed by atoms with E-state index in [-0.39, 0.29) is 18.9 Å². The number of hydrogen-bond acceptors (Lipinski definition) is 18. The maximum atomic E-state index is 13.2. The van der Waals surface area contributed by atoms with Gasteiger partial charge in [0, 0.05) is 6.42 Å². The first kappa shape index (κ1) is 69.3. The summed E-state index contributed by atoms with van der Waals surface area (Å²) in [7, 11) is 0. The van der Waals surface area contributed by atoms with Gasteiger partial charge < -0.3 is 89.9 Å². The smallest absolute Gasteiger partial charge is 0.220 e. The van der Waals surface area contributed by atoms with Crippen LogP contribution in [0, 0.1) is 0 Å². The Labute approximate surface area is 460 Å². The summed E-state index contributed by atoms with van der Waals surface area (Å²) < 4.78 is 34.1. The molecule has 12 N–H and O–H groups in total. The number of aliphatic hydroxyl groups excluding tert-OH is 11. The van der Waals surface area contributed by atoms with Crippen LogP contribution in [0.1, 0.15) is 194 Å². The monoisotopic (exact) mass is 1100 g/mol. The van der Waals surface area contributed by atoms with E-state index in [1.165, 1.54) is 103 Å². The molecule has 3 aliphatic heterocycles. The van der Waals surface area contributed by atoms with Gasteiger partial charge in [0.1, 0.15) is 73.2 Å². The number of allylic oxidation sites excluding steroid dienone is 5. The SMILES string of the molecule is CCCCCCCCCCCCCCCCC/C=C/CC/C=C/CC/C=C/C(O)C(COC1OC(CO)C(OC2OC(CO)C(OC3OC(CO)C(O)C(O)C3O)C(O)C2O)C(O)C1O)NC(=O)CCCCCCCCC. The van der Waals surface area contributed by atoms with Crippen molar-refractivity contribution in [3.63, 3.8) is 0 Å². The second kappa shape index (κ2) is 41.9. The molecule has 0 aromatic heterocycles. The van der Waals surface area contributed by atoms with Crippen molar-refractivity contribution >= 4 is 5.91 Å². The molecule has 3 heterocycles. The van der Waals surface area contributed by atoms with Crippen LogP contribution in [-0.4, -0.2) is 193 Å². The van der Waals surface area contributed by atoms with E-state index in [0.29, 0.717) is 12.8 Å². The van der Waals surface area contributed by atoms with Gasteiger partial charge in [0.05, 0.1) is 38.6 Å². The molecule has 3 aliphatic rings. The lowest BCUT2D eigenvalue weighted by Crippen LogP contribution is -2.66. The van der Waals surface area contributed by atoms with Crippen molar-refractivity contribution in [3.8, 4) is 0 Å². The number of rotatable bonds is 43. The molecular formula is C58H105NO18. The summed E-state index contributed by atoms with van der Waals surface area (Å²) >= 11 is 0. The van der Waals surface area contributed by atoms with E-state index in [2.05, 4.69) is 43.5 Å². The molecule has 3 rings (SSSR count). The Kier molecular flexibility index (Phi) is 37.7. The summed E-state index contributed by atoms with van der Waals surface area (Å²) in [5, 5.41) is 120. The zero-order valence-corrected chi connectivity index (χ0v) is 46.7. The third kappa shape index (κ3) is 26.2. The summed E-state index contributed by atoms with van der Waals surface area (Å²) in [4.78, 5) is 13.2. The van der Waals surface area contributed by atoms with Crippen molar-refractivity contribution in [3.05, 3.63) is 36.5 Å². The van der Waals surface area contributed by atoms with Crippen LogP contribution in [0.25, 0.3) is 0 Å². The van der Waals surface area contributed by atoms with Crippen LogP contribution < -0.4 is 5.32 Å². The zero-order valence-electron chi connectivity index (χ0n) is 46.7. The molecule has 3 saturated heterocycles. The molecule has 19 heteroatoms. The maximum Gasteiger partial charge on any atom is 0.220 e. The summed E-state index contributed by atoms with van der Waals surface area (Å²) in [5.41, 5.74) is 0. The van der Waals surface area contributed by atoms with Gasteiger partial charge >= 0.3 is 0 Å². The Morgan fingerprint density at radius 1 is 0.455 bits per heavy atom. The predicted molar refractivity (Wildman–Crippen MR) is 291 cm³/mol. The van der Waals surface area contributed by atoms with Gasteiger partial charge in [-0.15, -0.1) is 0 Å². The average molecular weight is 1100 g/mol. The Morgan fingerprint density at radius 3 is 1.30 bits per heavy atom. The molecule has 450 valence electrons. The van der Waals surface area contributed by atoms with Gasteiger partial charge in [-0.25, -0.2) is 0 Å². The maximum absolute atomic E-state index is 13.2. The van der Waals surface area contributed by atoms with Crippen LogP contribution in [0.4, 0.5) is 0 Å². The first-order valence-electron chi connectivity index (χ1n) is 29.7. The second-order valence-electron chi connectivity index (χ2n) is 21.4. The van der Waals surface area contributed by atoms with Crippen LogP contribution in [0.5, 0.6) is 0 Å².